The van der Waals surface area contributed by atoms with E-state index in [1.807, 2.05) is 50.2 Å². The van der Waals surface area contributed by atoms with Gasteiger partial charge >= 0.3 is 6.09 Å². The fourth-order valence-electron chi connectivity index (χ4n) is 4.18. The Hall–Kier alpha value is -4.17. The molecule has 8 heteroatoms. The largest absolute Gasteiger partial charge is 0.438 e. The average molecular weight is 502 g/mol. The topological polar surface area (TPSA) is 97.0 Å². The maximum Gasteiger partial charge on any atom is 0.411 e. The van der Waals surface area contributed by atoms with E-state index in [2.05, 4.69) is 10.6 Å². The highest BCUT2D eigenvalue weighted by Gasteiger charge is 2.47. The second-order valence-corrected chi connectivity index (χ2v) is 9.09. The predicted octanol–water partition coefficient (Wildman–Crippen LogP) is 4.38. The van der Waals surface area contributed by atoms with Gasteiger partial charge in [-0.1, -0.05) is 59.7 Å². The zero-order valence-electron chi connectivity index (χ0n) is 21.2. The van der Waals surface area contributed by atoms with Crippen LogP contribution in [0.1, 0.15) is 38.7 Å². The number of nitrogens with zero attached hydrogens (tertiary/aromatic N) is 1. The van der Waals surface area contributed by atoms with Crippen molar-refractivity contribution in [2.75, 3.05) is 25.6 Å². The lowest BCUT2D eigenvalue weighted by Gasteiger charge is -2.24. The molecule has 2 N–H and O–H groups in total. The zero-order chi connectivity index (χ0) is 26.4. The quantitative estimate of drug-likeness (QED) is 0.424. The fourth-order valence-corrected chi connectivity index (χ4v) is 4.18. The van der Waals surface area contributed by atoms with Crippen LogP contribution in [0, 0.1) is 13.8 Å². The van der Waals surface area contributed by atoms with Gasteiger partial charge in [0, 0.05) is 24.9 Å². The Labute approximate surface area is 216 Å². The number of ether oxygens (including phenoxy) is 2. The molecule has 3 aromatic carbocycles. The summed E-state index contributed by atoms with van der Waals surface area (Å²) in [7, 11) is 1.55. The number of methoxy groups -OCH3 is 1. The SMILES string of the molecule is COCCNC(=O)[C@H]1[C@@H](c2cccc(NC(=O)c3ccc(C)cc3)c2)OC(=O)N1Cc1ccc(C)cc1. The molecule has 0 radical (unpaired) electrons. The summed E-state index contributed by atoms with van der Waals surface area (Å²) in [6.07, 6.45) is -1.43. The van der Waals surface area contributed by atoms with E-state index < -0.39 is 18.2 Å². The van der Waals surface area contributed by atoms with Gasteiger partial charge in [-0.05, 0) is 49.2 Å². The highest BCUT2D eigenvalue weighted by molar-refractivity contribution is 6.04. The van der Waals surface area contributed by atoms with Gasteiger partial charge in [0.25, 0.3) is 5.91 Å². The highest BCUT2D eigenvalue weighted by atomic mass is 16.6. The number of anilines is 1. The molecule has 0 spiro atoms. The first-order valence-corrected chi connectivity index (χ1v) is 12.1. The van der Waals surface area contributed by atoms with E-state index in [4.69, 9.17) is 9.47 Å². The van der Waals surface area contributed by atoms with Crippen molar-refractivity contribution < 1.29 is 23.9 Å². The summed E-state index contributed by atoms with van der Waals surface area (Å²) in [6.45, 7) is 4.81. The first kappa shape index (κ1) is 25.9. The smallest absolute Gasteiger partial charge is 0.411 e. The van der Waals surface area contributed by atoms with Crippen molar-refractivity contribution in [3.63, 3.8) is 0 Å². The molecule has 0 saturated carbocycles. The van der Waals surface area contributed by atoms with E-state index in [0.29, 0.717) is 30.0 Å². The third kappa shape index (κ3) is 6.34. The Morgan fingerprint density at radius 2 is 1.65 bits per heavy atom. The van der Waals surface area contributed by atoms with Gasteiger partial charge in [0.2, 0.25) is 5.91 Å². The summed E-state index contributed by atoms with van der Waals surface area (Å²) in [5, 5.41) is 5.72. The summed E-state index contributed by atoms with van der Waals surface area (Å²) in [5.41, 5.74) is 4.72. The maximum atomic E-state index is 13.3. The molecule has 0 aromatic heterocycles. The molecular formula is C29H31N3O5. The number of hydrogen-bond donors (Lipinski definition) is 2. The molecule has 0 aliphatic carbocycles. The van der Waals surface area contributed by atoms with Gasteiger partial charge in [0.1, 0.15) is 0 Å². The van der Waals surface area contributed by atoms with E-state index in [1.54, 1.807) is 43.5 Å². The molecule has 1 heterocycles. The normalized spacial score (nSPS) is 16.8. The molecule has 1 fully saturated rings. The predicted molar refractivity (Wildman–Crippen MR) is 140 cm³/mol. The van der Waals surface area contributed by atoms with Crippen LogP contribution in [0.25, 0.3) is 0 Å². The first-order chi connectivity index (χ1) is 17.9. The van der Waals surface area contributed by atoms with Gasteiger partial charge in [0.05, 0.1) is 13.2 Å². The monoisotopic (exact) mass is 501 g/mol. The van der Waals surface area contributed by atoms with Crippen LogP contribution in [-0.2, 0) is 20.8 Å². The van der Waals surface area contributed by atoms with Crippen molar-refractivity contribution in [3.05, 3.63) is 101 Å². The summed E-state index contributed by atoms with van der Waals surface area (Å²) >= 11 is 0. The summed E-state index contributed by atoms with van der Waals surface area (Å²) < 4.78 is 10.8. The summed E-state index contributed by atoms with van der Waals surface area (Å²) in [4.78, 5) is 40.4. The number of cyclic esters (lactones) is 1. The van der Waals surface area contributed by atoms with Gasteiger partial charge in [-0.3, -0.25) is 14.5 Å². The fraction of sp³-hybridized carbons (Fsp3) is 0.276. The van der Waals surface area contributed by atoms with E-state index in [-0.39, 0.29) is 18.4 Å². The molecule has 1 saturated heterocycles. The minimum absolute atomic E-state index is 0.224. The van der Waals surface area contributed by atoms with Crippen molar-refractivity contribution in [1.29, 1.82) is 0 Å². The number of aryl methyl sites for hydroxylation is 2. The lowest BCUT2D eigenvalue weighted by Crippen LogP contribution is -2.47. The number of carbonyl (C=O) groups excluding carboxylic acids is 3. The molecule has 1 aliphatic rings. The van der Waals surface area contributed by atoms with E-state index in [9.17, 15) is 14.4 Å². The molecule has 37 heavy (non-hydrogen) atoms. The van der Waals surface area contributed by atoms with Crippen molar-refractivity contribution in [3.8, 4) is 0 Å². The van der Waals surface area contributed by atoms with Crippen LogP contribution in [0.5, 0.6) is 0 Å². The third-order valence-corrected chi connectivity index (χ3v) is 6.22. The van der Waals surface area contributed by atoms with Crippen LogP contribution in [0.15, 0.2) is 72.8 Å². The van der Waals surface area contributed by atoms with Crippen LogP contribution in [0.2, 0.25) is 0 Å². The highest BCUT2D eigenvalue weighted by Crippen LogP contribution is 2.35. The van der Waals surface area contributed by atoms with E-state index >= 15 is 0 Å². The Morgan fingerprint density at radius 3 is 2.32 bits per heavy atom. The number of nitrogens with one attached hydrogen (secondary N) is 2. The lowest BCUT2D eigenvalue weighted by molar-refractivity contribution is -0.126. The first-order valence-electron chi connectivity index (χ1n) is 12.1. The molecule has 2 atom stereocenters. The lowest BCUT2D eigenvalue weighted by atomic mass is 10.00. The molecule has 4 rings (SSSR count). The molecular weight excluding hydrogens is 470 g/mol. The molecule has 1 aliphatic heterocycles. The van der Waals surface area contributed by atoms with Crippen molar-refractivity contribution in [2.24, 2.45) is 0 Å². The maximum absolute atomic E-state index is 13.3. The standard InChI is InChI=1S/C29H31N3O5/c1-19-7-11-21(12-8-19)18-32-25(28(34)30-15-16-36-3)26(37-29(32)35)23-5-4-6-24(17-23)31-27(33)22-13-9-20(2)10-14-22/h4-14,17,25-26H,15-16,18H2,1-3H3,(H,30,34)(H,31,33)/t25-,26-/m1/s1. The number of rotatable bonds is 9. The molecule has 0 bridgehead atoms. The minimum atomic E-state index is -0.895. The Bertz CT molecular complexity index is 1260. The van der Waals surface area contributed by atoms with Crippen LogP contribution in [0.3, 0.4) is 0 Å². The van der Waals surface area contributed by atoms with Crippen molar-refractivity contribution >= 4 is 23.6 Å². The zero-order valence-corrected chi connectivity index (χ0v) is 21.2. The average Bonchev–Trinajstić information content (AvgIpc) is 3.22. The number of carbonyl (C=O) groups is 3. The molecule has 3 aromatic rings. The second-order valence-electron chi connectivity index (χ2n) is 9.09. The van der Waals surface area contributed by atoms with Gasteiger partial charge in [0.15, 0.2) is 12.1 Å². The molecule has 8 nitrogen and oxygen atoms in total. The Balaban J connectivity index is 1.58. The van der Waals surface area contributed by atoms with Crippen LogP contribution < -0.4 is 10.6 Å². The second kappa shape index (κ2) is 11.7. The van der Waals surface area contributed by atoms with Crippen molar-refractivity contribution in [1.82, 2.24) is 10.2 Å². The van der Waals surface area contributed by atoms with E-state index in [1.165, 1.54) is 4.90 Å². The number of hydrogen-bond acceptors (Lipinski definition) is 5. The van der Waals surface area contributed by atoms with Gasteiger partial charge in [-0.25, -0.2) is 4.79 Å². The minimum Gasteiger partial charge on any atom is -0.438 e. The van der Waals surface area contributed by atoms with Gasteiger partial charge in [-0.15, -0.1) is 0 Å². The molecule has 0 unspecified atom stereocenters. The number of amides is 3. The third-order valence-electron chi connectivity index (χ3n) is 6.22. The number of benzene rings is 3. The van der Waals surface area contributed by atoms with Crippen LogP contribution >= 0.6 is 0 Å². The summed E-state index contributed by atoms with van der Waals surface area (Å²) in [6, 6.07) is 21.2. The molecule has 192 valence electrons. The van der Waals surface area contributed by atoms with E-state index in [0.717, 1.165) is 16.7 Å². The van der Waals surface area contributed by atoms with Crippen molar-refractivity contribution in [2.45, 2.75) is 32.5 Å². The van der Waals surface area contributed by atoms with Crippen LogP contribution in [0.4, 0.5) is 10.5 Å². The van der Waals surface area contributed by atoms with Crippen LogP contribution in [-0.4, -0.2) is 49.1 Å². The van der Waals surface area contributed by atoms with Gasteiger partial charge in [-0.2, -0.15) is 0 Å². The van der Waals surface area contributed by atoms with Gasteiger partial charge < -0.3 is 20.1 Å². The molecule has 3 amide bonds. The Kier molecular flexibility index (Phi) is 8.20. The Morgan fingerprint density at radius 1 is 0.973 bits per heavy atom. The summed E-state index contributed by atoms with van der Waals surface area (Å²) in [5.74, 6) is -0.593.